The van der Waals surface area contributed by atoms with Gasteiger partial charge in [-0.1, -0.05) is 24.3 Å². The van der Waals surface area contributed by atoms with Gasteiger partial charge in [-0.15, -0.1) is 0 Å². The number of hydrogen-bond donors (Lipinski definition) is 2. The Hall–Kier alpha value is -3.03. The van der Waals surface area contributed by atoms with Crippen molar-refractivity contribution < 1.29 is 22.8 Å². The number of carbonyl (C=O) groups excluding carboxylic acids is 2. The maximum Gasteiger partial charge on any atom is 0.416 e. The SMILES string of the molecule is O=C(NCc1cccc(C(F)(F)F)c1)Nc1ccc(CCC(=O)N2CCCC2)cc1. The first kappa shape index (κ1) is 21.7. The summed E-state index contributed by atoms with van der Waals surface area (Å²) in [5.41, 5.74) is 1.17. The van der Waals surface area contributed by atoms with E-state index >= 15 is 0 Å². The Kier molecular flexibility index (Phi) is 6.97. The minimum Gasteiger partial charge on any atom is -0.343 e. The average Bonchev–Trinajstić information content (AvgIpc) is 3.26. The Labute approximate surface area is 173 Å². The fourth-order valence-electron chi connectivity index (χ4n) is 3.35. The van der Waals surface area contributed by atoms with Crippen LogP contribution in [0.3, 0.4) is 0 Å². The molecule has 30 heavy (non-hydrogen) atoms. The smallest absolute Gasteiger partial charge is 0.343 e. The van der Waals surface area contributed by atoms with Crippen LogP contribution in [0.5, 0.6) is 0 Å². The molecule has 1 aliphatic heterocycles. The summed E-state index contributed by atoms with van der Waals surface area (Å²) in [6.45, 7) is 1.67. The highest BCUT2D eigenvalue weighted by molar-refractivity contribution is 5.89. The zero-order valence-corrected chi connectivity index (χ0v) is 16.5. The second kappa shape index (κ2) is 9.65. The molecule has 0 aliphatic carbocycles. The first-order valence-electron chi connectivity index (χ1n) is 9.89. The van der Waals surface area contributed by atoms with E-state index in [0.29, 0.717) is 24.1 Å². The number of rotatable bonds is 6. The lowest BCUT2D eigenvalue weighted by Gasteiger charge is -2.15. The van der Waals surface area contributed by atoms with Crippen LogP contribution in [0.1, 0.15) is 36.0 Å². The van der Waals surface area contributed by atoms with Gasteiger partial charge in [0.15, 0.2) is 0 Å². The molecule has 0 aromatic heterocycles. The average molecular weight is 419 g/mol. The molecule has 1 aliphatic rings. The van der Waals surface area contributed by atoms with Gasteiger partial charge in [0, 0.05) is 31.7 Å². The van der Waals surface area contributed by atoms with Crippen molar-refractivity contribution in [3.63, 3.8) is 0 Å². The fraction of sp³-hybridized carbons (Fsp3) is 0.364. The Morgan fingerprint density at radius 2 is 1.67 bits per heavy atom. The van der Waals surface area contributed by atoms with E-state index in [-0.39, 0.29) is 12.5 Å². The number of likely N-dealkylation sites (tertiary alicyclic amines) is 1. The summed E-state index contributed by atoms with van der Waals surface area (Å²) < 4.78 is 38.2. The van der Waals surface area contributed by atoms with E-state index in [1.165, 1.54) is 12.1 Å². The number of halogens is 3. The zero-order chi connectivity index (χ0) is 21.6. The Morgan fingerprint density at radius 3 is 2.33 bits per heavy atom. The molecule has 0 radical (unpaired) electrons. The predicted octanol–water partition coefficient (Wildman–Crippen LogP) is 4.58. The number of nitrogens with zero attached hydrogens (tertiary/aromatic N) is 1. The number of alkyl halides is 3. The van der Waals surface area contributed by atoms with Crippen LogP contribution in [0.25, 0.3) is 0 Å². The van der Waals surface area contributed by atoms with Crippen LogP contribution in [-0.2, 0) is 23.9 Å². The quantitative estimate of drug-likeness (QED) is 0.720. The number of aryl methyl sites for hydroxylation is 1. The van der Waals surface area contributed by atoms with Crippen LogP contribution in [0.2, 0.25) is 0 Å². The van der Waals surface area contributed by atoms with Gasteiger partial charge >= 0.3 is 12.2 Å². The maximum atomic E-state index is 12.7. The van der Waals surface area contributed by atoms with Gasteiger partial charge in [-0.3, -0.25) is 4.79 Å². The van der Waals surface area contributed by atoms with Crippen LogP contribution in [0.4, 0.5) is 23.7 Å². The van der Waals surface area contributed by atoms with E-state index in [9.17, 15) is 22.8 Å². The molecule has 3 rings (SSSR count). The number of urea groups is 1. The minimum atomic E-state index is -4.42. The summed E-state index contributed by atoms with van der Waals surface area (Å²) in [6, 6.07) is 11.5. The first-order valence-corrected chi connectivity index (χ1v) is 9.89. The molecule has 0 bridgehead atoms. The van der Waals surface area contributed by atoms with Crippen molar-refractivity contribution >= 4 is 17.6 Å². The summed E-state index contributed by atoms with van der Waals surface area (Å²) in [6.07, 6.45) is -1.18. The van der Waals surface area contributed by atoms with Crippen LogP contribution in [-0.4, -0.2) is 29.9 Å². The van der Waals surface area contributed by atoms with E-state index in [4.69, 9.17) is 0 Å². The van der Waals surface area contributed by atoms with Crippen molar-refractivity contribution in [3.05, 3.63) is 65.2 Å². The van der Waals surface area contributed by atoms with Crippen molar-refractivity contribution in [2.24, 2.45) is 0 Å². The Bertz CT molecular complexity index is 876. The van der Waals surface area contributed by atoms with Crippen LogP contribution in [0.15, 0.2) is 48.5 Å². The molecule has 0 saturated carbocycles. The van der Waals surface area contributed by atoms with Gasteiger partial charge in [0.2, 0.25) is 5.91 Å². The Morgan fingerprint density at radius 1 is 0.967 bits per heavy atom. The molecular formula is C22H24F3N3O2. The van der Waals surface area contributed by atoms with Gasteiger partial charge < -0.3 is 15.5 Å². The lowest BCUT2D eigenvalue weighted by Crippen LogP contribution is -2.28. The topological polar surface area (TPSA) is 61.4 Å². The number of nitrogens with one attached hydrogen (secondary N) is 2. The lowest BCUT2D eigenvalue weighted by molar-refractivity contribution is -0.137. The third-order valence-corrected chi connectivity index (χ3v) is 5.01. The standard InChI is InChI=1S/C22H24F3N3O2/c23-22(24,25)18-5-3-4-17(14-18)15-26-21(30)27-19-9-6-16(7-10-19)8-11-20(29)28-12-1-2-13-28/h3-7,9-10,14H,1-2,8,11-13,15H2,(H2,26,27,30). The molecule has 5 nitrogen and oxygen atoms in total. The molecule has 160 valence electrons. The summed E-state index contributed by atoms with van der Waals surface area (Å²) in [4.78, 5) is 26.0. The summed E-state index contributed by atoms with van der Waals surface area (Å²) in [7, 11) is 0. The molecule has 1 fully saturated rings. The number of benzene rings is 2. The highest BCUT2D eigenvalue weighted by Crippen LogP contribution is 2.29. The second-order valence-corrected chi connectivity index (χ2v) is 7.29. The molecule has 0 atom stereocenters. The monoisotopic (exact) mass is 419 g/mol. The third-order valence-electron chi connectivity index (χ3n) is 5.01. The molecule has 3 amide bonds. The first-order chi connectivity index (χ1) is 14.3. The van der Waals surface area contributed by atoms with Gasteiger partial charge in [-0.05, 0) is 54.7 Å². The minimum absolute atomic E-state index is 0.0214. The van der Waals surface area contributed by atoms with Crippen molar-refractivity contribution in [1.29, 1.82) is 0 Å². The number of amides is 3. The maximum absolute atomic E-state index is 12.7. The fourth-order valence-corrected chi connectivity index (χ4v) is 3.35. The third kappa shape index (κ3) is 6.23. The molecule has 2 N–H and O–H groups in total. The van der Waals surface area contributed by atoms with E-state index in [0.717, 1.165) is 43.6 Å². The highest BCUT2D eigenvalue weighted by atomic mass is 19.4. The van der Waals surface area contributed by atoms with E-state index in [2.05, 4.69) is 10.6 Å². The van der Waals surface area contributed by atoms with Crippen LogP contribution >= 0.6 is 0 Å². The van der Waals surface area contributed by atoms with Crippen molar-refractivity contribution in [1.82, 2.24) is 10.2 Å². The lowest BCUT2D eigenvalue weighted by atomic mass is 10.1. The summed E-state index contributed by atoms with van der Waals surface area (Å²) in [5.74, 6) is 0.170. The molecule has 2 aromatic rings. The molecule has 8 heteroatoms. The second-order valence-electron chi connectivity index (χ2n) is 7.29. The van der Waals surface area contributed by atoms with Crippen LogP contribution < -0.4 is 10.6 Å². The van der Waals surface area contributed by atoms with Crippen molar-refractivity contribution in [2.45, 2.75) is 38.4 Å². The zero-order valence-electron chi connectivity index (χ0n) is 16.5. The van der Waals surface area contributed by atoms with Crippen molar-refractivity contribution in [3.8, 4) is 0 Å². The van der Waals surface area contributed by atoms with Gasteiger partial charge in [0.1, 0.15) is 0 Å². The summed E-state index contributed by atoms with van der Waals surface area (Å²) >= 11 is 0. The normalized spacial score (nSPS) is 13.9. The molecule has 1 heterocycles. The molecule has 0 unspecified atom stereocenters. The number of hydrogen-bond acceptors (Lipinski definition) is 2. The molecular weight excluding hydrogens is 395 g/mol. The molecule has 1 saturated heterocycles. The molecule has 0 spiro atoms. The number of anilines is 1. The Balaban J connectivity index is 1.44. The summed E-state index contributed by atoms with van der Waals surface area (Å²) in [5, 5.41) is 5.19. The largest absolute Gasteiger partial charge is 0.416 e. The number of carbonyl (C=O) groups is 2. The van der Waals surface area contributed by atoms with Gasteiger partial charge in [-0.2, -0.15) is 13.2 Å². The highest BCUT2D eigenvalue weighted by Gasteiger charge is 2.30. The molecule has 2 aromatic carbocycles. The van der Waals surface area contributed by atoms with Gasteiger partial charge in [0.25, 0.3) is 0 Å². The van der Waals surface area contributed by atoms with Crippen LogP contribution in [0, 0.1) is 0 Å². The van der Waals surface area contributed by atoms with Crippen molar-refractivity contribution in [2.75, 3.05) is 18.4 Å². The van der Waals surface area contributed by atoms with Gasteiger partial charge in [0.05, 0.1) is 5.56 Å². The van der Waals surface area contributed by atoms with E-state index in [1.54, 1.807) is 12.1 Å². The predicted molar refractivity (Wildman–Crippen MR) is 108 cm³/mol. The van der Waals surface area contributed by atoms with E-state index in [1.807, 2.05) is 17.0 Å². The van der Waals surface area contributed by atoms with E-state index < -0.39 is 17.8 Å². The van der Waals surface area contributed by atoms with Gasteiger partial charge in [-0.25, -0.2) is 4.79 Å².